The maximum atomic E-state index is 14.6. The molecule has 3 heterocycles. The van der Waals surface area contributed by atoms with E-state index in [1.54, 1.807) is 6.20 Å². The number of aromatic amines is 1. The molecule has 1 saturated heterocycles. The van der Waals surface area contributed by atoms with E-state index in [1.165, 1.54) is 18.6 Å². The van der Waals surface area contributed by atoms with Crippen LogP contribution in [-0.4, -0.2) is 39.1 Å². The lowest BCUT2D eigenvalue weighted by atomic mass is 10.0. The SMILES string of the molecule is Nc1cc(-c2[nH]nc3c(/C=C/CCCCCCC(=O)N4CCCCC4)cnc(N)c23)c(F)cc1Cl. The van der Waals surface area contributed by atoms with E-state index in [-0.39, 0.29) is 22.1 Å². The molecular weight excluding hydrogens is 467 g/mol. The third kappa shape index (κ3) is 5.93. The fourth-order valence-electron chi connectivity index (χ4n) is 4.54. The Kier molecular flexibility index (Phi) is 8.23. The summed E-state index contributed by atoms with van der Waals surface area (Å²) in [5.74, 6) is 0.0460. The highest BCUT2D eigenvalue weighted by atomic mass is 35.5. The molecular formula is C26H32ClFN6O. The lowest BCUT2D eigenvalue weighted by molar-refractivity contribution is -0.132. The number of nitrogen functional groups attached to an aromatic ring is 2. The number of anilines is 2. The van der Waals surface area contributed by atoms with Crippen molar-refractivity contribution >= 4 is 46.0 Å². The zero-order valence-corrected chi connectivity index (χ0v) is 20.6. The van der Waals surface area contributed by atoms with Crippen LogP contribution in [0.3, 0.4) is 0 Å². The smallest absolute Gasteiger partial charge is 0.222 e. The quantitative estimate of drug-likeness (QED) is 0.249. The highest BCUT2D eigenvalue weighted by Gasteiger charge is 2.18. The van der Waals surface area contributed by atoms with Crippen LogP contribution in [0.1, 0.15) is 63.4 Å². The zero-order chi connectivity index (χ0) is 24.8. The van der Waals surface area contributed by atoms with Crippen LogP contribution in [0.2, 0.25) is 5.02 Å². The molecule has 0 atom stereocenters. The minimum Gasteiger partial charge on any atom is -0.398 e. The van der Waals surface area contributed by atoms with E-state index in [4.69, 9.17) is 23.1 Å². The van der Waals surface area contributed by atoms with Crippen LogP contribution in [0.5, 0.6) is 0 Å². The molecule has 0 unspecified atom stereocenters. The average molecular weight is 499 g/mol. The molecule has 186 valence electrons. The molecule has 4 rings (SSSR count). The molecule has 7 nitrogen and oxygen atoms in total. The Labute approximate surface area is 209 Å². The van der Waals surface area contributed by atoms with Gasteiger partial charge in [0.1, 0.15) is 17.2 Å². The lowest BCUT2D eigenvalue weighted by Crippen LogP contribution is -2.35. The van der Waals surface area contributed by atoms with E-state index in [0.717, 1.165) is 63.6 Å². The van der Waals surface area contributed by atoms with Crippen molar-refractivity contribution in [2.75, 3.05) is 24.6 Å². The molecule has 0 bridgehead atoms. The number of H-pyrrole nitrogens is 1. The first-order valence-corrected chi connectivity index (χ1v) is 12.6. The normalized spacial score (nSPS) is 14.3. The summed E-state index contributed by atoms with van der Waals surface area (Å²) in [7, 11) is 0. The van der Waals surface area contributed by atoms with Gasteiger partial charge in [-0.05, 0) is 50.7 Å². The number of unbranched alkanes of at least 4 members (excludes halogenated alkanes) is 4. The molecule has 3 aromatic rings. The van der Waals surface area contributed by atoms with E-state index in [1.807, 2.05) is 11.0 Å². The van der Waals surface area contributed by atoms with E-state index < -0.39 is 5.82 Å². The number of aromatic nitrogens is 3. The number of carbonyl (C=O) groups is 1. The Balaban J connectivity index is 1.32. The van der Waals surface area contributed by atoms with Gasteiger partial charge in [0, 0.05) is 36.8 Å². The molecule has 0 radical (unpaired) electrons. The number of nitrogens with zero attached hydrogens (tertiary/aromatic N) is 3. The van der Waals surface area contributed by atoms with Crippen molar-refractivity contribution in [2.45, 2.75) is 57.8 Å². The van der Waals surface area contributed by atoms with Crippen LogP contribution >= 0.6 is 11.6 Å². The van der Waals surface area contributed by atoms with Crippen molar-refractivity contribution in [3.63, 3.8) is 0 Å². The fraction of sp³-hybridized carbons (Fsp3) is 0.423. The predicted octanol–water partition coefficient (Wildman–Crippen LogP) is 5.95. The molecule has 1 aliphatic rings. The maximum absolute atomic E-state index is 14.6. The van der Waals surface area contributed by atoms with Gasteiger partial charge in [-0.2, -0.15) is 5.10 Å². The van der Waals surface area contributed by atoms with Gasteiger partial charge in [-0.15, -0.1) is 0 Å². The van der Waals surface area contributed by atoms with Gasteiger partial charge in [-0.3, -0.25) is 9.89 Å². The van der Waals surface area contributed by atoms with Crippen molar-refractivity contribution in [1.82, 2.24) is 20.1 Å². The van der Waals surface area contributed by atoms with Crippen molar-refractivity contribution in [1.29, 1.82) is 0 Å². The molecule has 2 aromatic heterocycles. The van der Waals surface area contributed by atoms with Crippen LogP contribution in [0, 0.1) is 5.82 Å². The molecule has 1 amide bonds. The monoisotopic (exact) mass is 498 g/mol. The summed E-state index contributed by atoms with van der Waals surface area (Å²) in [6.45, 7) is 1.86. The summed E-state index contributed by atoms with van der Waals surface area (Å²) < 4.78 is 14.6. The van der Waals surface area contributed by atoms with Gasteiger partial charge in [0.25, 0.3) is 0 Å². The largest absolute Gasteiger partial charge is 0.398 e. The van der Waals surface area contributed by atoms with Crippen molar-refractivity contribution < 1.29 is 9.18 Å². The molecule has 35 heavy (non-hydrogen) atoms. The maximum Gasteiger partial charge on any atom is 0.222 e. The number of halogens is 2. The van der Waals surface area contributed by atoms with Gasteiger partial charge in [0.05, 0.1) is 21.8 Å². The number of likely N-dealkylation sites (tertiary alicyclic amines) is 1. The number of hydrogen-bond donors (Lipinski definition) is 3. The number of carbonyl (C=O) groups excluding carboxylic acids is 1. The van der Waals surface area contributed by atoms with Crippen LogP contribution in [0.15, 0.2) is 24.4 Å². The number of hydrogen-bond acceptors (Lipinski definition) is 5. The minimum atomic E-state index is -0.521. The van der Waals surface area contributed by atoms with Gasteiger partial charge in [-0.25, -0.2) is 9.37 Å². The summed E-state index contributed by atoms with van der Waals surface area (Å²) in [5.41, 5.74) is 14.3. The number of pyridine rings is 1. The highest BCUT2D eigenvalue weighted by molar-refractivity contribution is 6.33. The summed E-state index contributed by atoms with van der Waals surface area (Å²) in [4.78, 5) is 18.5. The third-order valence-electron chi connectivity index (χ3n) is 6.51. The first-order chi connectivity index (χ1) is 17.0. The minimum absolute atomic E-state index is 0.151. The van der Waals surface area contributed by atoms with Crippen molar-refractivity contribution in [3.05, 3.63) is 40.8 Å². The van der Waals surface area contributed by atoms with Gasteiger partial charge >= 0.3 is 0 Å². The molecule has 9 heteroatoms. The van der Waals surface area contributed by atoms with Gasteiger partial charge < -0.3 is 16.4 Å². The molecule has 1 aliphatic heterocycles. The number of allylic oxidation sites excluding steroid dienone is 1. The van der Waals surface area contributed by atoms with E-state index in [0.29, 0.717) is 28.9 Å². The Hall–Kier alpha value is -3.13. The molecule has 5 N–H and O–H groups in total. The number of nitrogens with two attached hydrogens (primary N) is 2. The fourth-order valence-corrected chi connectivity index (χ4v) is 4.69. The van der Waals surface area contributed by atoms with E-state index >= 15 is 0 Å². The molecule has 1 aromatic carbocycles. The van der Waals surface area contributed by atoms with Crippen LogP contribution in [0.4, 0.5) is 15.9 Å². The third-order valence-corrected chi connectivity index (χ3v) is 6.84. The van der Waals surface area contributed by atoms with Gasteiger partial charge in [-0.1, -0.05) is 36.6 Å². The number of rotatable bonds is 9. The van der Waals surface area contributed by atoms with Crippen LogP contribution < -0.4 is 11.5 Å². The molecule has 0 aliphatic carbocycles. The Morgan fingerprint density at radius 2 is 1.91 bits per heavy atom. The highest BCUT2D eigenvalue weighted by Crippen LogP contribution is 2.35. The second-order valence-corrected chi connectivity index (χ2v) is 9.48. The predicted molar refractivity (Wildman–Crippen MR) is 140 cm³/mol. The summed E-state index contributed by atoms with van der Waals surface area (Å²) in [6.07, 6.45) is 14.9. The second kappa shape index (κ2) is 11.5. The van der Waals surface area contributed by atoms with Crippen LogP contribution in [-0.2, 0) is 4.79 Å². The Morgan fingerprint density at radius 3 is 2.71 bits per heavy atom. The Morgan fingerprint density at radius 1 is 1.14 bits per heavy atom. The summed E-state index contributed by atoms with van der Waals surface area (Å²) in [6, 6.07) is 2.64. The van der Waals surface area contributed by atoms with Crippen LogP contribution in [0.25, 0.3) is 28.2 Å². The standard InChI is InChI=1S/C26H32ClFN6O/c27-19-15-20(28)18(14-21(19)29)25-23-24(32-33-25)17(16-31-26(23)30)10-6-3-1-2-4-7-11-22(35)34-12-8-5-9-13-34/h6,10,14-16H,1-5,7-9,11-13,29H2,(H2,30,31)(H,32,33)/b10-6+. The molecule has 0 saturated carbocycles. The summed E-state index contributed by atoms with van der Waals surface area (Å²) >= 11 is 5.93. The van der Waals surface area contributed by atoms with Crippen molar-refractivity contribution in [2.24, 2.45) is 0 Å². The van der Waals surface area contributed by atoms with E-state index in [2.05, 4.69) is 21.3 Å². The average Bonchev–Trinajstić information content (AvgIpc) is 3.30. The molecule has 1 fully saturated rings. The lowest BCUT2D eigenvalue weighted by Gasteiger charge is -2.26. The van der Waals surface area contributed by atoms with Gasteiger partial charge in [0.15, 0.2) is 0 Å². The number of nitrogens with one attached hydrogen (secondary N) is 1. The number of amides is 1. The number of piperidine rings is 1. The number of fused-ring (bicyclic) bond motifs is 1. The summed E-state index contributed by atoms with van der Waals surface area (Å²) in [5, 5.41) is 7.95. The zero-order valence-electron chi connectivity index (χ0n) is 19.8. The van der Waals surface area contributed by atoms with E-state index in [9.17, 15) is 9.18 Å². The Bertz CT molecular complexity index is 1220. The van der Waals surface area contributed by atoms with Gasteiger partial charge in [0.2, 0.25) is 5.91 Å². The second-order valence-electron chi connectivity index (χ2n) is 9.07. The first kappa shape index (κ1) is 25.0. The molecule has 0 spiro atoms. The van der Waals surface area contributed by atoms with Crippen molar-refractivity contribution in [3.8, 4) is 11.3 Å². The first-order valence-electron chi connectivity index (χ1n) is 12.3. The topological polar surface area (TPSA) is 114 Å². The number of benzene rings is 1.